The average molecular weight is 572 g/mol. The Morgan fingerprint density at radius 2 is 0.711 bits per heavy atom. The van der Waals surface area contributed by atoms with Crippen molar-refractivity contribution in [2.24, 2.45) is 0 Å². The van der Waals surface area contributed by atoms with Crippen molar-refractivity contribution in [2.45, 2.75) is 0 Å². The van der Waals surface area contributed by atoms with Crippen LogP contribution < -0.4 is 4.90 Å². The van der Waals surface area contributed by atoms with E-state index in [0.29, 0.717) is 0 Å². The molecule has 0 aliphatic carbocycles. The lowest BCUT2D eigenvalue weighted by molar-refractivity contribution is 1.31. The predicted molar refractivity (Wildman–Crippen MR) is 194 cm³/mol. The molecule has 0 fully saturated rings. The summed E-state index contributed by atoms with van der Waals surface area (Å²) in [6.07, 6.45) is 0. The number of benzene rings is 9. The van der Waals surface area contributed by atoms with Gasteiger partial charge < -0.3 is 4.90 Å². The van der Waals surface area contributed by atoms with E-state index in [4.69, 9.17) is 0 Å². The Labute approximate surface area is 262 Å². The van der Waals surface area contributed by atoms with E-state index in [1.807, 2.05) is 0 Å². The van der Waals surface area contributed by atoms with Crippen molar-refractivity contribution in [1.82, 2.24) is 0 Å². The molecule has 0 saturated heterocycles. The molecule has 1 nitrogen and oxygen atoms in total. The van der Waals surface area contributed by atoms with Gasteiger partial charge in [0.1, 0.15) is 0 Å². The van der Waals surface area contributed by atoms with E-state index in [-0.39, 0.29) is 0 Å². The highest BCUT2D eigenvalue weighted by atomic mass is 15.1. The van der Waals surface area contributed by atoms with E-state index in [9.17, 15) is 0 Å². The number of fused-ring (bicyclic) bond motifs is 9. The fraction of sp³-hybridized carbons (Fsp3) is 0. The Kier molecular flexibility index (Phi) is 5.89. The molecule has 0 saturated carbocycles. The summed E-state index contributed by atoms with van der Waals surface area (Å²) in [5.41, 5.74) is 5.85. The van der Waals surface area contributed by atoms with Crippen LogP contribution >= 0.6 is 0 Å². The van der Waals surface area contributed by atoms with Crippen LogP contribution in [0.1, 0.15) is 0 Å². The van der Waals surface area contributed by atoms with Crippen LogP contribution in [0.4, 0.5) is 17.1 Å². The first kappa shape index (κ1) is 25.6. The lowest BCUT2D eigenvalue weighted by Gasteiger charge is -2.28. The molecule has 9 aromatic carbocycles. The maximum absolute atomic E-state index is 2.44. The summed E-state index contributed by atoms with van der Waals surface area (Å²) in [6, 6.07) is 64.0. The lowest BCUT2D eigenvalue weighted by atomic mass is 9.93. The van der Waals surface area contributed by atoms with Gasteiger partial charge in [-0.1, -0.05) is 146 Å². The van der Waals surface area contributed by atoms with E-state index in [1.54, 1.807) is 0 Å². The number of anilines is 3. The zero-order valence-electron chi connectivity index (χ0n) is 24.7. The third-order valence-electron chi connectivity index (χ3n) is 9.21. The number of hydrogen-bond donors (Lipinski definition) is 0. The minimum Gasteiger partial charge on any atom is -0.310 e. The summed E-state index contributed by atoms with van der Waals surface area (Å²) in [7, 11) is 0. The second kappa shape index (κ2) is 10.4. The fourth-order valence-corrected chi connectivity index (χ4v) is 7.12. The number of rotatable bonds is 4. The van der Waals surface area contributed by atoms with E-state index in [0.717, 1.165) is 11.4 Å². The van der Waals surface area contributed by atoms with Crippen LogP contribution in [0.15, 0.2) is 176 Å². The highest BCUT2D eigenvalue weighted by Gasteiger charge is 2.19. The Bertz CT molecular complexity index is 2490. The molecule has 210 valence electrons. The molecule has 0 bridgehead atoms. The SMILES string of the molecule is c1ccc(-c2ccc(N(c3ccc4c5ccccc5c5ccccc5c4c3)c3cc4ccccc4c4ccccc34)cc2)cc1. The molecule has 9 rings (SSSR count). The maximum atomic E-state index is 2.44. The van der Waals surface area contributed by atoms with E-state index in [1.165, 1.54) is 70.7 Å². The molecule has 0 amide bonds. The first-order valence-electron chi connectivity index (χ1n) is 15.5. The third-order valence-corrected chi connectivity index (χ3v) is 9.21. The molecule has 0 radical (unpaired) electrons. The van der Waals surface area contributed by atoms with Crippen LogP contribution in [0.25, 0.3) is 65.0 Å². The van der Waals surface area contributed by atoms with Crippen molar-refractivity contribution in [3.8, 4) is 11.1 Å². The van der Waals surface area contributed by atoms with Gasteiger partial charge in [0.2, 0.25) is 0 Å². The summed E-state index contributed by atoms with van der Waals surface area (Å²) in [5.74, 6) is 0. The topological polar surface area (TPSA) is 3.24 Å². The van der Waals surface area contributed by atoms with Gasteiger partial charge in [-0.2, -0.15) is 0 Å². The van der Waals surface area contributed by atoms with Crippen molar-refractivity contribution in [3.05, 3.63) is 176 Å². The normalized spacial score (nSPS) is 11.6. The molecule has 9 aromatic rings. The summed E-state index contributed by atoms with van der Waals surface area (Å²) in [6.45, 7) is 0. The van der Waals surface area contributed by atoms with Crippen molar-refractivity contribution < 1.29 is 0 Å². The van der Waals surface area contributed by atoms with E-state index < -0.39 is 0 Å². The zero-order chi connectivity index (χ0) is 29.7. The lowest BCUT2D eigenvalue weighted by Crippen LogP contribution is -2.10. The second-order valence-corrected chi connectivity index (χ2v) is 11.7. The molecule has 0 aromatic heterocycles. The quantitative estimate of drug-likeness (QED) is 0.190. The van der Waals surface area contributed by atoms with Crippen LogP contribution in [0.2, 0.25) is 0 Å². The summed E-state index contributed by atoms with van der Waals surface area (Å²) in [5, 5.41) is 12.7. The molecule has 0 unspecified atom stereocenters. The maximum Gasteiger partial charge on any atom is 0.0546 e. The Hall–Kier alpha value is -5.92. The largest absolute Gasteiger partial charge is 0.310 e. The molecule has 0 atom stereocenters. The van der Waals surface area contributed by atoms with Crippen LogP contribution in [-0.2, 0) is 0 Å². The Morgan fingerprint density at radius 3 is 1.36 bits per heavy atom. The van der Waals surface area contributed by atoms with Crippen LogP contribution in [0.3, 0.4) is 0 Å². The molecule has 1 heteroatoms. The molecule has 0 N–H and O–H groups in total. The van der Waals surface area contributed by atoms with Gasteiger partial charge in [0.15, 0.2) is 0 Å². The Balaban J connectivity index is 1.34. The van der Waals surface area contributed by atoms with Crippen molar-refractivity contribution in [2.75, 3.05) is 4.90 Å². The van der Waals surface area contributed by atoms with Gasteiger partial charge in [-0.25, -0.2) is 0 Å². The number of hydrogen-bond acceptors (Lipinski definition) is 1. The minimum absolute atomic E-state index is 1.12. The standard InChI is InChI=1S/C44H29N/c1-2-12-30(13-3-1)31-22-24-33(25-23-31)45(44-28-32-14-4-5-15-35(32)36-16-10-11-21-42(36)44)34-26-27-41-39-19-7-6-17-37(39)38-18-8-9-20-40(38)43(41)29-34/h1-29H. The average Bonchev–Trinajstić information content (AvgIpc) is 3.12. The number of nitrogens with zero attached hydrogens (tertiary/aromatic N) is 1. The van der Waals surface area contributed by atoms with Crippen molar-refractivity contribution in [3.63, 3.8) is 0 Å². The summed E-state index contributed by atoms with van der Waals surface area (Å²) >= 11 is 0. The summed E-state index contributed by atoms with van der Waals surface area (Å²) < 4.78 is 0. The van der Waals surface area contributed by atoms with Gasteiger partial charge >= 0.3 is 0 Å². The third kappa shape index (κ3) is 4.17. The Morgan fingerprint density at radius 1 is 0.267 bits per heavy atom. The minimum atomic E-state index is 1.12. The van der Waals surface area contributed by atoms with Crippen LogP contribution in [-0.4, -0.2) is 0 Å². The van der Waals surface area contributed by atoms with E-state index in [2.05, 4.69) is 181 Å². The summed E-state index contributed by atoms with van der Waals surface area (Å²) in [4.78, 5) is 2.44. The van der Waals surface area contributed by atoms with Gasteiger partial charge in [-0.05, 0) is 89.9 Å². The molecular weight excluding hydrogens is 542 g/mol. The van der Waals surface area contributed by atoms with E-state index >= 15 is 0 Å². The highest BCUT2D eigenvalue weighted by Crippen LogP contribution is 2.44. The highest BCUT2D eigenvalue weighted by molar-refractivity contribution is 6.26. The molecule has 0 heterocycles. The second-order valence-electron chi connectivity index (χ2n) is 11.7. The van der Waals surface area contributed by atoms with Gasteiger partial charge in [0, 0.05) is 16.8 Å². The van der Waals surface area contributed by atoms with Crippen molar-refractivity contribution >= 4 is 70.9 Å². The van der Waals surface area contributed by atoms with Crippen LogP contribution in [0, 0.1) is 0 Å². The van der Waals surface area contributed by atoms with Crippen LogP contribution in [0.5, 0.6) is 0 Å². The molecule has 0 spiro atoms. The molecular formula is C44H29N. The van der Waals surface area contributed by atoms with Gasteiger partial charge in [-0.3, -0.25) is 0 Å². The van der Waals surface area contributed by atoms with Gasteiger partial charge in [0.25, 0.3) is 0 Å². The van der Waals surface area contributed by atoms with Gasteiger partial charge in [0.05, 0.1) is 5.69 Å². The smallest absolute Gasteiger partial charge is 0.0546 e. The predicted octanol–water partition coefficient (Wildman–Crippen LogP) is 12.6. The first-order valence-corrected chi connectivity index (χ1v) is 15.5. The molecule has 0 aliphatic rings. The fourth-order valence-electron chi connectivity index (χ4n) is 7.12. The molecule has 45 heavy (non-hydrogen) atoms. The van der Waals surface area contributed by atoms with Crippen molar-refractivity contribution in [1.29, 1.82) is 0 Å². The first-order chi connectivity index (χ1) is 22.3. The van der Waals surface area contributed by atoms with Gasteiger partial charge in [-0.15, -0.1) is 0 Å². The zero-order valence-corrected chi connectivity index (χ0v) is 24.7. The molecule has 0 aliphatic heterocycles. The monoisotopic (exact) mass is 571 g/mol.